The summed E-state index contributed by atoms with van der Waals surface area (Å²) in [7, 11) is 6.34. The highest BCUT2D eigenvalue weighted by molar-refractivity contribution is 5.99. The molecule has 0 saturated heterocycles. The number of carboxylic acid groups (broad SMARTS) is 1. The molecule has 2 atom stereocenters. The molecule has 0 aliphatic carbocycles. The first kappa shape index (κ1) is 21.2. The van der Waals surface area contributed by atoms with Crippen LogP contribution in [0.5, 0.6) is 28.7 Å². The number of benzene rings is 2. The molecule has 174 valence electrons. The van der Waals surface area contributed by atoms with Gasteiger partial charge >= 0.3 is 11.9 Å². The van der Waals surface area contributed by atoms with Crippen molar-refractivity contribution in [2.75, 3.05) is 41.7 Å². The van der Waals surface area contributed by atoms with Crippen LogP contribution in [0.15, 0.2) is 12.1 Å². The summed E-state index contributed by atoms with van der Waals surface area (Å²) in [6.45, 7) is 0.436. The van der Waals surface area contributed by atoms with E-state index in [2.05, 4.69) is 0 Å². The number of carbonyl (C=O) groups excluding carboxylic acids is 1. The minimum absolute atomic E-state index is 0.0493. The molecular formula is C23H23NO9. The summed E-state index contributed by atoms with van der Waals surface area (Å²) in [5.41, 5.74) is 2.15. The molecule has 1 N–H and O–H groups in total. The number of hydrogen-bond donors (Lipinski definition) is 1. The van der Waals surface area contributed by atoms with Gasteiger partial charge in [0, 0.05) is 17.7 Å². The third kappa shape index (κ3) is 2.90. The topological polar surface area (TPSA) is 113 Å². The van der Waals surface area contributed by atoms with Crippen molar-refractivity contribution in [2.45, 2.75) is 18.6 Å². The highest BCUT2D eigenvalue weighted by Gasteiger charge is 2.47. The van der Waals surface area contributed by atoms with Crippen molar-refractivity contribution >= 4 is 11.9 Å². The Bertz CT molecular complexity index is 1180. The van der Waals surface area contributed by atoms with E-state index in [0.717, 1.165) is 0 Å². The van der Waals surface area contributed by atoms with Crippen LogP contribution in [0, 0.1) is 0 Å². The fraction of sp³-hybridized carbons (Fsp3) is 0.391. The molecular weight excluding hydrogens is 434 g/mol. The number of hydrogen-bond acceptors (Lipinski definition) is 9. The van der Waals surface area contributed by atoms with Gasteiger partial charge in [-0.3, -0.25) is 4.90 Å². The molecule has 3 heterocycles. The lowest BCUT2D eigenvalue weighted by atomic mass is 9.83. The molecule has 3 aliphatic rings. The predicted octanol–water partition coefficient (Wildman–Crippen LogP) is 2.58. The van der Waals surface area contributed by atoms with Crippen molar-refractivity contribution < 1.29 is 43.1 Å². The quantitative estimate of drug-likeness (QED) is 0.672. The van der Waals surface area contributed by atoms with Crippen LogP contribution < -0.4 is 23.7 Å². The van der Waals surface area contributed by atoms with Crippen LogP contribution in [0.1, 0.15) is 49.6 Å². The van der Waals surface area contributed by atoms with E-state index in [9.17, 15) is 14.7 Å². The summed E-state index contributed by atoms with van der Waals surface area (Å²) in [4.78, 5) is 27.2. The van der Waals surface area contributed by atoms with Gasteiger partial charge in [0.2, 0.25) is 12.5 Å². The first-order valence-corrected chi connectivity index (χ1v) is 10.3. The van der Waals surface area contributed by atoms with Crippen LogP contribution in [-0.2, 0) is 11.2 Å². The lowest BCUT2D eigenvalue weighted by molar-refractivity contribution is 0.00857. The standard InChI is InChI=1S/C23H23NO9/c1-24-8-7-10-13(19(30-4)21-20(31-9-32-21)14(10)22(25)26)16(24)17-11-5-6-12(28-2)18(29-3)15(11)23(27)33-17/h5-6,16-17H,7-9H2,1-4H3,(H,25,26). The van der Waals surface area contributed by atoms with Gasteiger partial charge in [0.05, 0.1) is 27.4 Å². The SMILES string of the molecule is COc1ccc2c(c1OC)C(=O)OC2C1c2c(c(C(=O)O)c3c(c2OC)OCO3)CCN1C. The number of carbonyl (C=O) groups is 2. The van der Waals surface area contributed by atoms with Gasteiger partial charge in [-0.1, -0.05) is 6.07 Å². The summed E-state index contributed by atoms with van der Waals surface area (Å²) in [5, 5.41) is 10.0. The van der Waals surface area contributed by atoms with E-state index < -0.39 is 24.1 Å². The molecule has 33 heavy (non-hydrogen) atoms. The normalized spacial score (nSPS) is 20.7. The van der Waals surface area contributed by atoms with Gasteiger partial charge in [0.15, 0.2) is 23.0 Å². The van der Waals surface area contributed by atoms with Gasteiger partial charge in [0.1, 0.15) is 17.2 Å². The van der Waals surface area contributed by atoms with Crippen molar-refractivity contribution in [3.63, 3.8) is 0 Å². The van der Waals surface area contributed by atoms with Crippen LogP contribution in [0.4, 0.5) is 0 Å². The summed E-state index contributed by atoms with van der Waals surface area (Å²) >= 11 is 0. The Morgan fingerprint density at radius 1 is 1.09 bits per heavy atom. The Hall–Kier alpha value is -3.66. The van der Waals surface area contributed by atoms with Crippen molar-refractivity contribution in [2.24, 2.45) is 0 Å². The summed E-state index contributed by atoms with van der Waals surface area (Å²) < 4.78 is 33.5. The van der Waals surface area contributed by atoms with Gasteiger partial charge in [-0.05, 0) is 25.1 Å². The number of carboxylic acids is 1. The molecule has 0 fully saturated rings. The first-order valence-electron chi connectivity index (χ1n) is 10.3. The van der Waals surface area contributed by atoms with Crippen LogP contribution >= 0.6 is 0 Å². The van der Waals surface area contributed by atoms with Crippen molar-refractivity contribution in [3.05, 3.63) is 39.9 Å². The fourth-order valence-electron chi connectivity index (χ4n) is 5.06. The zero-order valence-corrected chi connectivity index (χ0v) is 18.6. The van der Waals surface area contributed by atoms with E-state index >= 15 is 0 Å². The maximum atomic E-state index is 13.0. The number of aromatic carboxylic acids is 1. The molecule has 3 aliphatic heterocycles. The molecule has 10 nitrogen and oxygen atoms in total. The Morgan fingerprint density at radius 3 is 2.48 bits per heavy atom. The van der Waals surface area contributed by atoms with E-state index in [1.807, 2.05) is 11.9 Å². The second kappa shape index (κ2) is 7.73. The van der Waals surface area contributed by atoms with Crippen LogP contribution in [0.3, 0.4) is 0 Å². The van der Waals surface area contributed by atoms with E-state index in [1.54, 1.807) is 12.1 Å². The van der Waals surface area contributed by atoms with E-state index in [4.69, 9.17) is 28.4 Å². The maximum Gasteiger partial charge on any atom is 0.343 e. The molecule has 0 bridgehead atoms. The minimum Gasteiger partial charge on any atom is -0.493 e. The number of cyclic esters (lactones) is 1. The third-order valence-electron chi connectivity index (χ3n) is 6.43. The monoisotopic (exact) mass is 457 g/mol. The highest BCUT2D eigenvalue weighted by atomic mass is 16.7. The zero-order chi connectivity index (χ0) is 23.4. The maximum absolute atomic E-state index is 13.0. The van der Waals surface area contributed by atoms with E-state index in [1.165, 1.54) is 21.3 Å². The number of ether oxygens (including phenoxy) is 6. The van der Waals surface area contributed by atoms with Gasteiger partial charge < -0.3 is 33.5 Å². The molecule has 0 radical (unpaired) electrons. The largest absolute Gasteiger partial charge is 0.493 e. The average molecular weight is 457 g/mol. The molecule has 0 saturated carbocycles. The van der Waals surface area contributed by atoms with Gasteiger partial charge in [-0.25, -0.2) is 9.59 Å². The van der Waals surface area contributed by atoms with Gasteiger partial charge in [-0.2, -0.15) is 0 Å². The minimum atomic E-state index is -1.12. The second-order valence-corrected chi connectivity index (χ2v) is 7.94. The highest BCUT2D eigenvalue weighted by Crippen LogP contribution is 2.56. The average Bonchev–Trinajstić information content (AvgIpc) is 3.41. The molecule has 5 rings (SSSR count). The number of fused-ring (bicyclic) bond motifs is 3. The van der Waals surface area contributed by atoms with Gasteiger partial charge in [0.25, 0.3) is 0 Å². The number of nitrogens with zero attached hydrogens (tertiary/aromatic N) is 1. The lowest BCUT2D eigenvalue weighted by Gasteiger charge is -2.39. The fourth-order valence-corrected chi connectivity index (χ4v) is 5.06. The van der Waals surface area contributed by atoms with Crippen molar-refractivity contribution in [1.29, 1.82) is 0 Å². The van der Waals surface area contributed by atoms with Crippen molar-refractivity contribution in [3.8, 4) is 28.7 Å². The number of esters is 1. The number of rotatable bonds is 5. The van der Waals surface area contributed by atoms with Crippen LogP contribution in [-0.4, -0.2) is 63.7 Å². The first-order chi connectivity index (χ1) is 15.9. The second-order valence-electron chi connectivity index (χ2n) is 7.94. The Kier molecular flexibility index (Phi) is 4.97. The van der Waals surface area contributed by atoms with E-state index in [0.29, 0.717) is 52.5 Å². The van der Waals surface area contributed by atoms with E-state index in [-0.39, 0.29) is 23.9 Å². The Balaban J connectivity index is 1.75. The molecule has 2 unspecified atom stereocenters. The predicted molar refractivity (Wildman–Crippen MR) is 113 cm³/mol. The smallest absolute Gasteiger partial charge is 0.343 e. The number of methoxy groups -OCH3 is 3. The van der Waals surface area contributed by atoms with Crippen molar-refractivity contribution in [1.82, 2.24) is 4.90 Å². The molecule has 2 aromatic carbocycles. The number of likely N-dealkylation sites (N-methyl/N-ethyl adjacent to an activating group) is 1. The summed E-state index contributed by atoms with van der Waals surface area (Å²) in [5.74, 6) is -0.157. The molecule has 0 amide bonds. The summed E-state index contributed by atoms with van der Waals surface area (Å²) in [6, 6.07) is 2.96. The Labute approximate surface area is 189 Å². The molecule has 0 aromatic heterocycles. The zero-order valence-electron chi connectivity index (χ0n) is 18.6. The molecule has 10 heteroatoms. The third-order valence-corrected chi connectivity index (χ3v) is 6.43. The molecule has 2 aromatic rings. The molecule has 0 spiro atoms. The summed E-state index contributed by atoms with van der Waals surface area (Å²) in [6.07, 6.45) is -0.275. The van der Waals surface area contributed by atoms with Crippen LogP contribution in [0.25, 0.3) is 0 Å². The Morgan fingerprint density at radius 2 is 1.82 bits per heavy atom. The van der Waals surface area contributed by atoms with Gasteiger partial charge in [-0.15, -0.1) is 0 Å². The van der Waals surface area contributed by atoms with Crippen LogP contribution in [0.2, 0.25) is 0 Å². The lowest BCUT2D eigenvalue weighted by Crippen LogP contribution is -2.37.